The highest BCUT2D eigenvalue weighted by Gasteiger charge is 2.24. The molecule has 7 heteroatoms. The van der Waals surface area contributed by atoms with Crippen LogP contribution in [0.15, 0.2) is 23.2 Å². The van der Waals surface area contributed by atoms with Crippen molar-refractivity contribution >= 4 is 15.8 Å². The second-order valence-corrected chi connectivity index (χ2v) is 5.50. The third-order valence-electron chi connectivity index (χ3n) is 2.44. The first kappa shape index (κ1) is 11.2. The van der Waals surface area contributed by atoms with Gasteiger partial charge in [0.2, 0.25) is 10.0 Å². The van der Waals surface area contributed by atoms with Gasteiger partial charge in [0.25, 0.3) is 0 Å². The van der Waals surface area contributed by atoms with E-state index >= 15 is 0 Å². The van der Waals surface area contributed by atoms with Gasteiger partial charge in [0.15, 0.2) is 5.82 Å². The molecule has 2 rings (SSSR count). The molecule has 1 aliphatic carbocycles. The smallest absolute Gasteiger partial charge is 0.246 e. The Bertz CT molecular complexity index is 510. The third-order valence-corrected chi connectivity index (χ3v) is 3.98. The number of nitrogens with zero attached hydrogens (tertiary/aromatic N) is 2. The molecular weight excluding hydrogens is 228 g/mol. The van der Waals surface area contributed by atoms with Gasteiger partial charge in [0.1, 0.15) is 4.90 Å². The summed E-state index contributed by atoms with van der Waals surface area (Å²) in [5.74, 6) is 0.0287. The number of nitrogens with two attached hydrogens (primary N) is 1. The van der Waals surface area contributed by atoms with Crippen molar-refractivity contribution in [3.63, 3.8) is 0 Å². The molecule has 0 fully saturated rings. The van der Waals surface area contributed by atoms with E-state index in [1.54, 1.807) is 7.05 Å². The summed E-state index contributed by atoms with van der Waals surface area (Å²) in [4.78, 5) is 0.0434. The van der Waals surface area contributed by atoms with Gasteiger partial charge in [0.05, 0.1) is 0 Å². The lowest BCUT2D eigenvalue weighted by Gasteiger charge is -2.11. The van der Waals surface area contributed by atoms with Crippen molar-refractivity contribution in [3.8, 4) is 0 Å². The number of rotatable bonds is 3. The van der Waals surface area contributed by atoms with Gasteiger partial charge in [-0.05, 0) is 12.8 Å². The summed E-state index contributed by atoms with van der Waals surface area (Å²) in [6, 6.07) is -0.0652. The van der Waals surface area contributed by atoms with E-state index in [4.69, 9.17) is 5.73 Å². The lowest BCUT2D eigenvalue weighted by Crippen LogP contribution is -2.33. The van der Waals surface area contributed by atoms with Crippen molar-refractivity contribution in [3.05, 3.63) is 18.3 Å². The average molecular weight is 242 g/mol. The largest absolute Gasteiger partial charge is 0.381 e. The molecule has 0 unspecified atom stereocenters. The van der Waals surface area contributed by atoms with Crippen LogP contribution in [-0.2, 0) is 17.1 Å². The van der Waals surface area contributed by atoms with E-state index in [2.05, 4.69) is 9.82 Å². The van der Waals surface area contributed by atoms with Gasteiger partial charge in [-0.2, -0.15) is 5.10 Å². The maximum Gasteiger partial charge on any atom is 0.246 e. The molecule has 3 N–H and O–H groups in total. The number of hydrogen-bond donors (Lipinski definition) is 2. The van der Waals surface area contributed by atoms with E-state index in [0.29, 0.717) is 0 Å². The highest BCUT2D eigenvalue weighted by Crippen LogP contribution is 2.18. The fraction of sp³-hybridized carbons (Fsp3) is 0.444. The number of nitrogens with one attached hydrogen (secondary N) is 1. The number of nitrogen functional groups attached to an aromatic ring is 1. The summed E-state index contributed by atoms with van der Waals surface area (Å²) in [7, 11) is -1.92. The zero-order valence-corrected chi connectivity index (χ0v) is 9.74. The van der Waals surface area contributed by atoms with Crippen molar-refractivity contribution in [2.24, 2.45) is 7.05 Å². The normalized spacial score (nSPS) is 17.1. The molecule has 1 aliphatic rings. The van der Waals surface area contributed by atoms with Crippen molar-refractivity contribution in [2.75, 3.05) is 5.73 Å². The predicted molar refractivity (Wildman–Crippen MR) is 60.1 cm³/mol. The summed E-state index contributed by atoms with van der Waals surface area (Å²) in [5.41, 5.74) is 5.54. The molecule has 0 aliphatic heterocycles. The number of sulfonamides is 1. The van der Waals surface area contributed by atoms with Crippen molar-refractivity contribution in [1.29, 1.82) is 0 Å². The van der Waals surface area contributed by atoms with E-state index in [-0.39, 0.29) is 16.8 Å². The molecule has 0 aromatic carbocycles. The zero-order valence-electron chi connectivity index (χ0n) is 8.92. The van der Waals surface area contributed by atoms with Crippen LogP contribution < -0.4 is 10.5 Å². The SMILES string of the molecule is Cn1cc(S(=O)(=O)NC2CC=CC2)c(N)n1. The molecule has 0 bridgehead atoms. The molecule has 0 saturated carbocycles. The molecule has 16 heavy (non-hydrogen) atoms. The Kier molecular flexibility index (Phi) is 2.73. The minimum atomic E-state index is -3.55. The van der Waals surface area contributed by atoms with Gasteiger partial charge in [-0.25, -0.2) is 13.1 Å². The van der Waals surface area contributed by atoms with E-state index in [1.165, 1.54) is 10.9 Å². The van der Waals surface area contributed by atoms with Crippen LogP contribution >= 0.6 is 0 Å². The Morgan fingerprint density at radius 2 is 2.12 bits per heavy atom. The molecule has 0 saturated heterocycles. The van der Waals surface area contributed by atoms with Crippen LogP contribution in [0.4, 0.5) is 5.82 Å². The number of aromatic nitrogens is 2. The fourth-order valence-corrected chi connectivity index (χ4v) is 3.05. The van der Waals surface area contributed by atoms with Crippen LogP contribution in [-0.4, -0.2) is 24.2 Å². The summed E-state index contributed by atoms with van der Waals surface area (Å²) >= 11 is 0. The Hall–Kier alpha value is -1.34. The topological polar surface area (TPSA) is 90.0 Å². The quantitative estimate of drug-likeness (QED) is 0.730. The Morgan fingerprint density at radius 3 is 2.62 bits per heavy atom. The second-order valence-electron chi connectivity index (χ2n) is 3.81. The fourth-order valence-electron chi connectivity index (χ4n) is 1.69. The molecule has 0 radical (unpaired) electrons. The molecule has 88 valence electrons. The Morgan fingerprint density at radius 1 is 1.50 bits per heavy atom. The zero-order chi connectivity index (χ0) is 11.8. The lowest BCUT2D eigenvalue weighted by atomic mass is 10.3. The van der Waals surface area contributed by atoms with Gasteiger partial charge in [0, 0.05) is 19.3 Å². The minimum absolute atomic E-state index is 0.0287. The van der Waals surface area contributed by atoms with Crippen LogP contribution in [0.5, 0.6) is 0 Å². The van der Waals surface area contributed by atoms with Crippen molar-refractivity contribution < 1.29 is 8.42 Å². The molecule has 6 nitrogen and oxygen atoms in total. The highest BCUT2D eigenvalue weighted by molar-refractivity contribution is 7.89. The standard InChI is InChI=1S/C9H14N4O2S/c1-13-6-8(9(10)11-13)16(14,15)12-7-4-2-3-5-7/h2-3,6-7,12H,4-5H2,1H3,(H2,10,11). The first-order valence-corrected chi connectivity index (χ1v) is 6.44. The number of anilines is 1. The maximum atomic E-state index is 12.0. The average Bonchev–Trinajstić information content (AvgIpc) is 2.75. The lowest BCUT2D eigenvalue weighted by molar-refractivity contribution is 0.557. The molecule has 0 atom stereocenters. The van der Waals surface area contributed by atoms with Gasteiger partial charge >= 0.3 is 0 Å². The first-order valence-electron chi connectivity index (χ1n) is 4.95. The van der Waals surface area contributed by atoms with E-state index in [1.807, 2.05) is 12.2 Å². The van der Waals surface area contributed by atoms with E-state index in [0.717, 1.165) is 12.8 Å². The molecule has 1 aromatic heterocycles. The highest BCUT2D eigenvalue weighted by atomic mass is 32.2. The van der Waals surface area contributed by atoms with E-state index in [9.17, 15) is 8.42 Å². The number of hydrogen-bond acceptors (Lipinski definition) is 4. The molecule has 0 amide bonds. The van der Waals surface area contributed by atoms with Crippen LogP contribution in [0, 0.1) is 0 Å². The van der Waals surface area contributed by atoms with Crippen molar-refractivity contribution in [1.82, 2.24) is 14.5 Å². The minimum Gasteiger partial charge on any atom is -0.381 e. The number of aryl methyl sites for hydroxylation is 1. The van der Waals surface area contributed by atoms with Crippen LogP contribution in [0.3, 0.4) is 0 Å². The maximum absolute atomic E-state index is 12.0. The van der Waals surface area contributed by atoms with Gasteiger partial charge in [-0.3, -0.25) is 4.68 Å². The van der Waals surface area contributed by atoms with Crippen LogP contribution in [0.25, 0.3) is 0 Å². The summed E-state index contributed by atoms with van der Waals surface area (Å²) in [6.45, 7) is 0. The third kappa shape index (κ3) is 2.10. The van der Waals surface area contributed by atoms with E-state index < -0.39 is 10.0 Å². The molecule has 1 heterocycles. The van der Waals surface area contributed by atoms with Crippen molar-refractivity contribution in [2.45, 2.75) is 23.8 Å². The predicted octanol–water partition coefficient (Wildman–Crippen LogP) is -0.000800. The van der Waals surface area contributed by atoms with Crippen LogP contribution in [0.2, 0.25) is 0 Å². The summed E-state index contributed by atoms with van der Waals surface area (Å²) in [6.07, 6.45) is 6.76. The monoisotopic (exact) mass is 242 g/mol. The van der Waals surface area contributed by atoms with Gasteiger partial charge in [-0.15, -0.1) is 0 Å². The summed E-state index contributed by atoms with van der Waals surface area (Å²) in [5, 5.41) is 3.81. The summed E-state index contributed by atoms with van der Waals surface area (Å²) < 4.78 is 27.9. The molecule has 1 aromatic rings. The second kappa shape index (κ2) is 3.91. The molecule has 0 spiro atoms. The van der Waals surface area contributed by atoms with Gasteiger partial charge < -0.3 is 5.73 Å². The Balaban J connectivity index is 2.21. The Labute approximate surface area is 94.2 Å². The van der Waals surface area contributed by atoms with Crippen LogP contribution in [0.1, 0.15) is 12.8 Å². The first-order chi connectivity index (χ1) is 7.49. The molecular formula is C9H14N4O2S. The van der Waals surface area contributed by atoms with Gasteiger partial charge in [-0.1, -0.05) is 12.2 Å².